The normalized spacial score (nSPS) is 24.7. The SMILES string of the molecule is CC(CCl)CS(=O)(=O)N(CCO)C1CCS(=O)(=O)C1. The van der Waals surface area contributed by atoms with Crippen LogP contribution in [0.25, 0.3) is 0 Å². The van der Waals surface area contributed by atoms with E-state index in [9.17, 15) is 16.8 Å². The zero-order valence-corrected chi connectivity index (χ0v) is 13.2. The molecule has 1 fully saturated rings. The van der Waals surface area contributed by atoms with Crippen molar-refractivity contribution in [2.45, 2.75) is 19.4 Å². The number of aliphatic hydroxyl groups is 1. The number of rotatable bonds is 7. The number of hydrogen-bond acceptors (Lipinski definition) is 5. The third-order valence-corrected chi connectivity index (χ3v) is 7.51. The Morgan fingerprint density at radius 2 is 2.11 bits per heavy atom. The Morgan fingerprint density at radius 3 is 2.53 bits per heavy atom. The van der Waals surface area contributed by atoms with Crippen LogP contribution in [-0.4, -0.2) is 68.6 Å². The first-order valence-corrected chi connectivity index (χ1v) is 10.0. The summed E-state index contributed by atoms with van der Waals surface area (Å²) in [5.41, 5.74) is 0. The number of nitrogens with zero attached hydrogens (tertiary/aromatic N) is 1. The van der Waals surface area contributed by atoms with E-state index in [0.717, 1.165) is 4.31 Å². The lowest BCUT2D eigenvalue weighted by atomic mass is 10.2. The highest BCUT2D eigenvalue weighted by Gasteiger charge is 2.38. The Hall–Kier alpha value is 0.110. The van der Waals surface area contributed by atoms with Crippen LogP contribution in [0, 0.1) is 5.92 Å². The molecular weight excluding hydrogens is 314 g/mol. The van der Waals surface area contributed by atoms with Crippen molar-refractivity contribution in [2.75, 3.05) is 36.3 Å². The first-order chi connectivity index (χ1) is 8.72. The van der Waals surface area contributed by atoms with Gasteiger partial charge < -0.3 is 5.11 Å². The Morgan fingerprint density at radius 1 is 1.47 bits per heavy atom. The first kappa shape index (κ1) is 17.2. The van der Waals surface area contributed by atoms with Gasteiger partial charge in [0.05, 0.1) is 23.9 Å². The van der Waals surface area contributed by atoms with Crippen molar-refractivity contribution in [1.82, 2.24) is 4.31 Å². The molecule has 1 saturated heterocycles. The standard InChI is InChI=1S/C10H20ClNO5S2/c1-9(6-11)7-19(16,17)12(3-4-13)10-2-5-18(14,15)8-10/h9-10,13H,2-8H2,1H3. The van der Waals surface area contributed by atoms with Crippen LogP contribution in [0.2, 0.25) is 0 Å². The molecule has 0 radical (unpaired) electrons. The molecule has 1 N–H and O–H groups in total. The summed E-state index contributed by atoms with van der Waals surface area (Å²) in [4.78, 5) is 0. The molecule has 0 aromatic heterocycles. The smallest absolute Gasteiger partial charge is 0.214 e. The molecular formula is C10H20ClNO5S2. The van der Waals surface area contributed by atoms with E-state index in [0.29, 0.717) is 0 Å². The van der Waals surface area contributed by atoms with Crippen LogP contribution in [0.4, 0.5) is 0 Å². The van der Waals surface area contributed by atoms with Crippen molar-refractivity contribution < 1.29 is 21.9 Å². The van der Waals surface area contributed by atoms with E-state index in [4.69, 9.17) is 16.7 Å². The number of aliphatic hydroxyl groups excluding tert-OH is 1. The Balaban J connectivity index is 2.88. The summed E-state index contributed by atoms with van der Waals surface area (Å²) < 4.78 is 48.5. The van der Waals surface area contributed by atoms with Gasteiger partial charge in [0.1, 0.15) is 0 Å². The highest BCUT2D eigenvalue weighted by molar-refractivity contribution is 7.92. The second-order valence-corrected chi connectivity index (χ2v) is 9.43. The lowest BCUT2D eigenvalue weighted by Gasteiger charge is -2.27. The fourth-order valence-electron chi connectivity index (χ4n) is 2.15. The van der Waals surface area contributed by atoms with Gasteiger partial charge in [-0.2, -0.15) is 4.31 Å². The van der Waals surface area contributed by atoms with Gasteiger partial charge in [0.15, 0.2) is 9.84 Å². The summed E-state index contributed by atoms with van der Waals surface area (Å²) in [6.45, 7) is 1.32. The first-order valence-electron chi connectivity index (χ1n) is 6.08. The number of halogens is 1. The van der Waals surface area contributed by atoms with E-state index in [2.05, 4.69) is 0 Å². The summed E-state index contributed by atoms with van der Waals surface area (Å²) in [7, 11) is -6.77. The van der Waals surface area contributed by atoms with E-state index in [-0.39, 0.29) is 48.6 Å². The quantitative estimate of drug-likeness (QED) is 0.644. The number of sulfone groups is 1. The van der Waals surface area contributed by atoms with Gasteiger partial charge in [0, 0.05) is 18.5 Å². The van der Waals surface area contributed by atoms with Gasteiger partial charge in [-0.05, 0) is 12.3 Å². The second kappa shape index (κ2) is 6.71. The molecule has 0 amide bonds. The maximum Gasteiger partial charge on any atom is 0.214 e. The minimum Gasteiger partial charge on any atom is -0.395 e. The lowest BCUT2D eigenvalue weighted by Crippen LogP contribution is -2.44. The molecule has 19 heavy (non-hydrogen) atoms. The zero-order chi connectivity index (χ0) is 14.7. The van der Waals surface area contributed by atoms with Gasteiger partial charge in [-0.3, -0.25) is 0 Å². The highest BCUT2D eigenvalue weighted by atomic mass is 35.5. The molecule has 2 unspecified atom stereocenters. The minimum absolute atomic E-state index is 0.000174. The number of hydrogen-bond donors (Lipinski definition) is 1. The monoisotopic (exact) mass is 333 g/mol. The van der Waals surface area contributed by atoms with Crippen LogP contribution in [-0.2, 0) is 19.9 Å². The van der Waals surface area contributed by atoms with E-state index in [1.54, 1.807) is 6.92 Å². The summed E-state index contributed by atoms with van der Waals surface area (Å²) in [5.74, 6) is -0.296. The number of sulfonamides is 1. The van der Waals surface area contributed by atoms with Gasteiger partial charge in [0.2, 0.25) is 10.0 Å². The highest BCUT2D eigenvalue weighted by Crippen LogP contribution is 2.21. The fourth-order valence-corrected chi connectivity index (χ4v) is 6.24. The molecule has 114 valence electrons. The second-order valence-electron chi connectivity index (χ2n) is 4.93. The van der Waals surface area contributed by atoms with Crippen LogP contribution in [0.1, 0.15) is 13.3 Å². The Bertz CT molecular complexity index is 490. The fraction of sp³-hybridized carbons (Fsp3) is 1.00. The maximum atomic E-state index is 12.2. The Kier molecular flexibility index (Phi) is 6.06. The topological polar surface area (TPSA) is 91.8 Å². The van der Waals surface area contributed by atoms with Gasteiger partial charge in [-0.1, -0.05) is 6.92 Å². The number of alkyl halides is 1. The van der Waals surface area contributed by atoms with E-state index in [1.807, 2.05) is 0 Å². The van der Waals surface area contributed by atoms with Gasteiger partial charge >= 0.3 is 0 Å². The van der Waals surface area contributed by atoms with Crippen LogP contribution in [0.3, 0.4) is 0 Å². The van der Waals surface area contributed by atoms with Crippen molar-refractivity contribution in [3.63, 3.8) is 0 Å². The predicted octanol–water partition coefficient (Wildman–Crippen LogP) is -0.327. The third-order valence-electron chi connectivity index (χ3n) is 3.05. The van der Waals surface area contributed by atoms with Crippen molar-refractivity contribution in [1.29, 1.82) is 0 Å². The van der Waals surface area contributed by atoms with Crippen molar-refractivity contribution in [2.24, 2.45) is 5.92 Å². The van der Waals surface area contributed by atoms with Crippen LogP contribution in [0.15, 0.2) is 0 Å². The van der Waals surface area contributed by atoms with Crippen LogP contribution in [0.5, 0.6) is 0 Å². The zero-order valence-electron chi connectivity index (χ0n) is 10.8. The lowest BCUT2D eigenvalue weighted by molar-refractivity contribution is 0.232. The van der Waals surface area contributed by atoms with E-state index >= 15 is 0 Å². The predicted molar refractivity (Wildman–Crippen MR) is 74.5 cm³/mol. The molecule has 0 spiro atoms. The van der Waals surface area contributed by atoms with Gasteiger partial charge in [0.25, 0.3) is 0 Å². The van der Waals surface area contributed by atoms with Crippen molar-refractivity contribution in [3.8, 4) is 0 Å². The molecule has 2 atom stereocenters. The van der Waals surface area contributed by atoms with Crippen LogP contribution < -0.4 is 0 Å². The van der Waals surface area contributed by atoms with E-state index in [1.165, 1.54) is 0 Å². The molecule has 1 aliphatic heterocycles. The van der Waals surface area contributed by atoms with Crippen molar-refractivity contribution >= 4 is 31.5 Å². The molecule has 0 saturated carbocycles. The molecule has 0 aliphatic carbocycles. The molecule has 0 aromatic rings. The maximum absolute atomic E-state index is 12.2. The summed E-state index contributed by atoms with van der Waals surface area (Å²) in [6, 6.07) is -0.565. The molecule has 0 aromatic carbocycles. The molecule has 0 bridgehead atoms. The molecule has 1 aliphatic rings. The molecule has 6 nitrogen and oxygen atoms in total. The van der Waals surface area contributed by atoms with Gasteiger partial charge in [-0.25, -0.2) is 16.8 Å². The molecule has 1 heterocycles. The molecule has 1 rings (SSSR count). The molecule has 9 heteroatoms. The average Bonchev–Trinajstić information content (AvgIpc) is 2.65. The Labute approximate surface area is 119 Å². The van der Waals surface area contributed by atoms with Crippen molar-refractivity contribution in [3.05, 3.63) is 0 Å². The summed E-state index contributed by atoms with van der Waals surface area (Å²) in [5, 5.41) is 9.00. The largest absolute Gasteiger partial charge is 0.395 e. The third kappa shape index (κ3) is 4.86. The summed E-state index contributed by atoms with van der Waals surface area (Å²) >= 11 is 5.62. The summed E-state index contributed by atoms with van der Waals surface area (Å²) in [6.07, 6.45) is 0.289. The van der Waals surface area contributed by atoms with Gasteiger partial charge in [-0.15, -0.1) is 11.6 Å². The van der Waals surface area contributed by atoms with Crippen LogP contribution >= 0.6 is 11.6 Å². The minimum atomic E-state index is -3.61. The average molecular weight is 334 g/mol. The van der Waals surface area contributed by atoms with E-state index < -0.39 is 25.9 Å².